The van der Waals surface area contributed by atoms with Gasteiger partial charge in [0.2, 0.25) is 0 Å². The van der Waals surface area contributed by atoms with Crippen LogP contribution in [0.5, 0.6) is 0 Å². The summed E-state index contributed by atoms with van der Waals surface area (Å²) in [6.07, 6.45) is 2.07. The van der Waals surface area contributed by atoms with Crippen LogP contribution >= 0.6 is 0 Å². The molecule has 2 saturated heterocycles. The summed E-state index contributed by atoms with van der Waals surface area (Å²) in [6, 6.07) is 4.39. The molecule has 2 aliphatic heterocycles. The van der Waals surface area contributed by atoms with E-state index in [0.29, 0.717) is 26.3 Å². The minimum atomic E-state index is 0.108. The van der Waals surface area contributed by atoms with Crippen molar-refractivity contribution in [1.29, 1.82) is 0 Å². The lowest BCUT2D eigenvalue weighted by molar-refractivity contribution is 0.0414. The first kappa shape index (κ1) is 18.0. The maximum Gasteiger partial charge on any atom is 0.320 e. The van der Waals surface area contributed by atoms with Crippen LogP contribution in [0.25, 0.3) is 5.65 Å². The number of aryl methyl sites for hydroxylation is 2. The Balaban J connectivity index is 1.53. The molecule has 8 nitrogen and oxygen atoms in total. The van der Waals surface area contributed by atoms with Gasteiger partial charge < -0.3 is 19.4 Å². The number of carbonyl (C=O) groups excluding carboxylic acids is 1. The Bertz CT molecular complexity index is 829. The van der Waals surface area contributed by atoms with Crippen molar-refractivity contribution in [2.45, 2.75) is 32.7 Å². The maximum atomic E-state index is 12.9. The number of hydrogen-bond acceptors (Lipinski definition) is 5. The molecule has 0 bridgehead atoms. The van der Waals surface area contributed by atoms with Gasteiger partial charge in [0.1, 0.15) is 5.82 Å². The summed E-state index contributed by atoms with van der Waals surface area (Å²) >= 11 is 0. The third-order valence-electron chi connectivity index (χ3n) is 5.51. The molecule has 27 heavy (non-hydrogen) atoms. The van der Waals surface area contributed by atoms with E-state index >= 15 is 0 Å². The van der Waals surface area contributed by atoms with Crippen molar-refractivity contribution in [2.75, 3.05) is 51.3 Å². The molecular formula is C19H28N6O2. The summed E-state index contributed by atoms with van der Waals surface area (Å²) in [5, 5.41) is 4.62. The molecule has 0 radical (unpaired) electrons. The van der Waals surface area contributed by atoms with Gasteiger partial charge in [0.15, 0.2) is 5.65 Å². The van der Waals surface area contributed by atoms with Crippen molar-refractivity contribution in [3.05, 3.63) is 23.5 Å². The lowest BCUT2D eigenvalue weighted by Gasteiger charge is -2.41. The van der Waals surface area contributed by atoms with E-state index in [-0.39, 0.29) is 12.1 Å². The molecule has 0 aromatic carbocycles. The molecule has 0 saturated carbocycles. The summed E-state index contributed by atoms with van der Waals surface area (Å²) in [4.78, 5) is 23.6. The average Bonchev–Trinajstić information content (AvgIpc) is 3.06. The van der Waals surface area contributed by atoms with Crippen molar-refractivity contribution >= 4 is 17.5 Å². The standard InChI is InChI=1S/C19H28N6O2/c1-14-12-18(25-17(20-14)11-15(2)21-25)24-6-4-5-16(13-24)22(3)19(26)23-7-9-27-10-8-23/h11-12,16H,4-10,13H2,1-3H3. The van der Waals surface area contributed by atoms with Gasteiger partial charge in [-0.15, -0.1) is 0 Å². The predicted octanol–water partition coefficient (Wildman–Crippen LogP) is 1.70. The van der Waals surface area contributed by atoms with E-state index in [2.05, 4.69) is 21.0 Å². The van der Waals surface area contributed by atoms with E-state index in [4.69, 9.17) is 4.74 Å². The zero-order chi connectivity index (χ0) is 19.0. The number of carbonyl (C=O) groups is 1. The number of amides is 2. The molecule has 4 heterocycles. The lowest BCUT2D eigenvalue weighted by atomic mass is 10.0. The van der Waals surface area contributed by atoms with Gasteiger partial charge in [-0.25, -0.2) is 9.78 Å². The van der Waals surface area contributed by atoms with Crippen molar-refractivity contribution in [1.82, 2.24) is 24.4 Å². The number of aromatic nitrogens is 3. The minimum absolute atomic E-state index is 0.108. The topological polar surface area (TPSA) is 66.2 Å². The van der Waals surface area contributed by atoms with Crippen LogP contribution in [0, 0.1) is 13.8 Å². The van der Waals surface area contributed by atoms with Crippen molar-refractivity contribution in [3.8, 4) is 0 Å². The first-order valence-electron chi connectivity index (χ1n) is 9.71. The zero-order valence-corrected chi connectivity index (χ0v) is 16.4. The normalized spacial score (nSPS) is 20.9. The first-order valence-corrected chi connectivity index (χ1v) is 9.71. The number of likely N-dealkylation sites (N-methyl/N-ethyl adjacent to an activating group) is 1. The van der Waals surface area contributed by atoms with Crippen molar-refractivity contribution in [3.63, 3.8) is 0 Å². The highest BCUT2D eigenvalue weighted by atomic mass is 16.5. The van der Waals surface area contributed by atoms with Crippen LogP contribution < -0.4 is 4.90 Å². The molecule has 2 amide bonds. The molecule has 8 heteroatoms. The number of piperidine rings is 1. The van der Waals surface area contributed by atoms with Crippen LogP contribution in [0.4, 0.5) is 10.6 Å². The Hall–Kier alpha value is -2.35. The second-order valence-electron chi connectivity index (χ2n) is 7.55. The molecule has 2 aromatic rings. The maximum absolute atomic E-state index is 12.9. The summed E-state index contributed by atoms with van der Waals surface area (Å²) in [5.41, 5.74) is 2.82. The van der Waals surface area contributed by atoms with E-state index in [1.165, 1.54) is 0 Å². The number of anilines is 1. The van der Waals surface area contributed by atoms with Crippen LogP contribution in [0.3, 0.4) is 0 Å². The largest absolute Gasteiger partial charge is 0.378 e. The van der Waals surface area contributed by atoms with Crippen molar-refractivity contribution < 1.29 is 9.53 Å². The second-order valence-corrected chi connectivity index (χ2v) is 7.55. The molecule has 146 valence electrons. The molecular weight excluding hydrogens is 344 g/mol. The molecule has 1 unspecified atom stereocenters. The molecule has 2 aliphatic rings. The Morgan fingerprint density at radius 1 is 1.19 bits per heavy atom. The summed E-state index contributed by atoms with van der Waals surface area (Å²) in [6.45, 7) is 8.39. The zero-order valence-electron chi connectivity index (χ0n) is 16.4. The third kappa shape index (κ3) is 3.58. The van der Waals surface area contributed by atoms with Crippen molar-refractivity contribution in [2.24, 2.45) is 0 Å². The van der Waals surface area contributed by atoms with Crippen LogP contribution in [-0.2, 0) is 4.74 Å². The number of ether oxygens (including phenoxy) is 1. The van der Waals surface area contributed by atoms with E-state index in [0.717, 1.165) is 48.8 Å². The van der Waals surface area contributed by atoms with Gasteiger partial charge in [-0.05, 0) is 26.7 Å². The van der Waals surface area contributed by atoms with E-state index < -0.39 is 0 Å². The number of morpholine rings is 1. The third-order valence-corrected chi connectivity index (χ3v) is 5.51. The average molecular weight is 372 g/mol. The van der Waals surface area contributed by atoms with Crippen LogP contribution in [-0.4, -0.2) is 82.9 Å². The molecule has 1 atom stereocenters. The van der Waals surface area contributed by atoms with Gasteiger partial charge in [-0.3, -0.25) is 0 Å². The van der Waals surface area contributed by atoms with Gasteiger partial charge in [0.25, 0.3) is 0 Å². The number of hydrogen-bond donors (Lipinski definition) is 0. The summed E-state index contributed by atoms with van der Waals surface area (Å²) < 4.78 is 7.29. The van der Waals surface area contributed by atoms with Crippen LogP contribution in [0.15, 0.2) is 12.1 Å². The van der Waals surface area contributed by atoms with Crippen LogP contribution in [0.2, 0.25) is 0 Å². The predicted molar refractivity (Wildman–Crippen MR) is 103 cm³/mol. The molecule has 0 N–H and O–H groups in total. The summed E-state index contributed by atoms with van der Waals surface area (Å²) in [5.74, 6) is 1.06. The van der Waals surface area contributed by atoms with Gasteiger partial charge in [0.05, 0.1) is 24.9 Å². The highest BCUT2D eigenvalue weighted by molar-refractivity contribution is 5.74. The Kier molecular flexibility index (Phi) is 4.90. The number of urea groups is 1. The SMILES string of the molecule is Cc1cc(N2CCCC(N(C)C(=O)N3CCOCC3)C2)n2nc(C)cc2n1. The molecule has 2 aromatic heterocycles. The molecule has 0 spiro atoms. The van der Waals surface area contributed by atoms with Gasteiger partial charge >= 0.3 is 6.03 Å². The van der Waals surface area contributed by atoms with E-state index in [9.17, 15) is 4.79 Å². The Labute approximate surface area is 159 Å². The van der Waals surface area contributed by atoms with Crippen LogP contribution in [0.1, 0.15) is 24.2 Å². The Morgan fingerprint density at radius 3 is 2.74 bits per heavy atom. The van der Waals surface area contributed by atoms with Gasteiger partial charge in [0, 0.05) is 51.1 Å². The number of fused-ring (bicyclic) bond motifs is 1. The minimum Gasteiger partial charge on any atom is -0.378 e. The fourth-order valence-corrected chi connectivity index (χ4v) is 4.03. The van der Waals surface area contributed by atoms with E-state index in [1.807, 2.05) is 41.3 Å². The highest BCUT2D eigenvalue weighted by Crippen LogP contribution is 2.24. The first-order chi connectivity index (χ1) is 13.0. The smallest absolute Gasteiger partial charge is 0.320 e. The fourth-order valence-electron chi connectivity index (χ4n) is 4.03. The Morgan fingerprint density at radius 2 is 1.96 bits per heavy atom. The summed E-state index contributed by atoms with van der Waals surface area (Å²) in [7, 11) is 1.93. The fraction of sp³-hybridized carbons (Fsp3) is 0.632. The molecule has 2 fully saturated rings. The molecule has 4 rings (SSSR count). The van der Waals surface area contributed by atoms with Gasteiger partial charge in [-0.2, -0.15) is 9.61 Å². The van der Waals surface area contributed by atoms with E-state index in [1.54, 1.807) is 0 Å². The molecule has 0 aliphatic carbocycles. The monoisotopic (exact) mass is 372 g/mol. The second kappa shape index (κ2) is 7.34. The highest BCUT2D eigenvalue weighted by Gasteiger charge is 2.30. The quantitative estimate of drug-likeness (QED) is 0.803. The number of rotatable bonds is 2. The van der Waals surface area contributed by atoms with Gasteiger partial charge in [-0.1, -0.05) is 0 Å². The number of nitrogens with zero attached hydrogens (tertiary/aromatic N) is 6. The lowest BCUT2D eigenvalue weighted by Crippen LogP contribution is -2.54.